The van der Waals surface area contributed by atoms with Crippen molar-refractivity contribution in [3.63, 3.8) is 0 Å². The van der Waals surface area contributed by atoms with Gasteiger partial charge in [-0.3, -0.25) is 4.98 Å². The third-order valence-electron chi connectivity index (χ3n) is 3.59. The number of aromatic nitrogens is 1. The molecule has 106 valence electrons. The van der Waals surface area contributed by atoms with Gasteiger partial charge < -0.3 is 10.2 Å². The number of hydrogen-bond donors (Lipinski definition) is 1. The molecule has 1 aromatic rings. The highest BCUT2D eigenvalue weighted by molar-refractivity contribution is 7.91. The fourth-order valence-electron chi connectivity index (χ4n) is 2.32. The molecule has 1 aliphatic rings. The van der Waals surface area contributed by atoms with Gasteiger partial charge in [0.15, 0.2) is 9.84 Å². The molecule has 2 heterocycles. The normalized spacial score (nSPS) is 20.2. The first-order valence-electron chi connectivity index (χ1n) is 6.64. The molecule has 0 radical (unpaired) electrons. The number of nitrogens with one attached hydrogen (secondary N) is 1. The average Bonchev–Trinajstić information content (AvgIpc) is 2.41. The lowest BCUT2D eigenvalue weighted by atomic mass is 10.1. The van der Waals surface area contributed by atoms with E-state index in [1.165, 1.54) is 0 Å². The van der Waals surface area contributed by atoms with Crippen LogP contribution in [-0.2, 0) is 9.84 Å². The minimum absolute atomic E-state index is 0.239. The van der Waals surface area contributed by atoms with Crippen molar-refractivity contribution in [2.75, 3.05) is 36.5 Å². The molecule has 0 spiro atoms. The van der Waals surface area contributed by atoms with Gasteiger partial charge in [0.1, 0.15) is 0 Å². The highest BCUT2D eigenvalue weighted by atomic mass is 32.2. The summed E-state index contributed by atoms with van der Waals surface area (Å²) in [6, 6.07) is 4.32. The predicted octanol–water partition coefficient (Wildman–Crippen LogP) is 0.987. The van der Waals surface area contributed by atoms with Gasteiger partial charge in [0.05, 0.1) is 29.1 Å². The van der Waals surface area contributed by atoms with E-state index in [4.69, 9.17) is 0 Å². The van der Waals surface area contributed by atoms with Crippen LogP contribution in [0.5, 0.6) is 0 Å². The van der Waals surface area contributed by atoms with Crippen LogP contribution in [0.3, 0.4) is 0 Å². The number of anilines is 1. The van der Waals surface area contributed by atoms with Crippen molar-refractivity contribution in [1.29, 1.82) is 0 Å². The Morgan fingerprint density at radius 3 is 2.53 bits per heavy atom. The second-order valence-electron chi connectivity index (χ2n) is 4.83. The fourth-order valence-corrected chi connectivity index (χ4v) is 3.52. The Morgan fingerprint density at radius 2 is 2.05 bits per heavy atom. The van der Waals surface area contributed by atoms with Crippen LogP contribution in [0, 0.1) is 0 Å². The molecule has 0 aliphatic carbocycles. The van der Waals surface area contributed by atoms with Gasteiger partial charge in [-0.25, -0.2) is 8.42 Å². The van der Waals surface area contributed by atoms with Crippen LogP contribution in [0.15, 0.2) is 18.3 Å². The Labute approximate surface area is 114 Å². The molecule has 2 rings (SSSR count). The van der Waals surface area contributed by atoms with Gasteiger partial charge in [0.2, 0.25) is 0 Å². The number of hydrogen-bond acceptors (Lipinski definition) is 5. The standard InChI is InChI=1S/C13H21N3O2S/c1-3-12(14-2)13-5-4-11(10-15-13)16-6-8-19(17,18)9-7-16/h4-5,10,12,14H,3,6-9H2,1-2H3. The van der Waals surface area contributed by atoms with Gasteiger partial charge in [-0.15, -0.1) is 0 Å². The summed E-state index contributed by atoms with van der Waals surface area (Å²) in [7, 11) is -0.895. The zero-order valence-corrected chi connectivity index (χ0v) is 12.3. The van der Waals surface area contributed by atoms with E-state index < -0.39 is 9.84 Å². The molecular weight excluding hydrogens is 262 g/mol. The number of pyridine rings is 1. The van der Waals surface area contributed by atoms with Gasteiger partial charge in [-0.1, -0.05) is 6.92 Å². The number of nitrogens with zero attached hydrogens (tertiary/aromatic N) is 2. The Bertz CT molecular complexity index is 495. The van der Waals surface area contributed by atoms with Crippen molar-refractivity contribution >= 4 is 15.5 Å². The molecule has 1 fully saturated rings. The van der Waals surface area contributed by atoms with Crippen molar-refractivity contribution < 1.29 is 8.42 Å². The van der Waals surface area contributed by atoms with E-state index in [0.29, 0.717) is 13.1 Å². The van der Waals surface area contributed by atoms with Crippen LogP contribution in [-0.4, -0.2) is 45.0 Å². The van der Waals surface area contributed by atoms with E-state index in [1.807, 2.05) is 25.4 Å². The first kappa shape index (κ1) is 14.3. The van der Waals surface area contributed by atoms with E-state index in [2.05, 4.69) is 22.1 Å². The lowest BCUT2D eigenvalue weighted by Gasteiger charge is -2.28. The molecule has 19 heavy (non-hydrogen) atoms. The fraction of sp³-hybridized carbons (Fsp3) is 0.615. The molecule has 0 bridgehead atoms. The van der Waals surface area contributed by atoms with Gasteiger partial charge >= 0.3 is 0 Å². The Kier molecular flexibility index (Phi) is 4.42. The third kappa shape index (κ3) is 3.45. The highest BCUT2D eigenvalue weighted by Crippen LogP contribution is 2.19. The Morgan fingerprint density at radius 1 is 1.37 bits per heavy atom. The highest BCUT2D eigenvalue weighted by Gasteiger charge is 2.22. The topological polar surface area (TPSA) is 62.3 Å². The van der Waals surface area contributed by atoms with E-state index in [1.54, 1.807) is 0 Å². The monoisotopic (exact) mass is 283 g/mol. The number of sulfone groups is 1. The SMILES string of the molecule is CCC(NC)c1ccc(N2CCS(=O)(=O)CC2)cn1. The zero-order chi connectivity index (χ0) is 13.9. The largest absolute Gasteiger partial charge is 0.368 e. The first-order chi connectivity index (χ1) is 9.05. The second-order valence-corrected chi connectivity index (χ2v) is 7.13. The van der Waals surface area contributed by atoms with Crippen molar-refractivity contribution in [1.82, 2.24) is 10.3 Å². The van der Waals surface area contributed by atoms with Crippen LogP contribution in [0.25, 0.3) is 0 Å². The molecule has 1 saturated heterocycles. The summed E-state index contributed by atoms with van der Waals surface area (Å²) in [6.45, 7) is 3.24. The summed E-state index contributed by atoms with van der Waals surface area (Å²) in [6.07, 6.45) is 2.83. The maximum Gasteiger partial charge on any atom is 0.153 e. The summed E-state index contributed by atoms with van der Waals surface area (Å²) < 4.78 is 22.8. The summed E-state index contributed by atoms with van der Waals surface area (Å²) in [5, 5.41) is 3.22. The second kappa shape index (κ2) is 5.88. The summed E-state index contributed by atoms with van der Waals surface area (Å²) in [5.41, 5.74) is 2.03. The molecular formula is C13H21N3O2S. The summed E-state index contributed by atoms with van der Waals surface area (Å²) in [4.78, 5) is 6.56. The smallest absolute Gasteiger partial charge is 0.153 e. The van der Waals surface area contributed by atoms with Crippen molar-refractivity contribution in [2.24, 2.45) is 0 Å². The third-order valence-corrected chi connectivity index (χ3v) is 5.20. The maximum absolute atomic E-state index is 11.4. The molecule has 6 heteroatoms. The number of rotatable bonds is 4. The van der Waals surface area contributed by atoms with Gasteiger partial charge in [-0.2, -0.15) is 0 Å². The zero-order valence-electron chi connectivity index (χ0n) is 11.5. The molecule has 1 atom stereocenters. The van der Waals surface area contributed by atoms with E-state index in [9.17, 15) is 8.42 Å². The van der Waals surface area contributed by atoms with Crippen LogP contribution < -0.4 is 10.2 Å². The van der Waals surface area contributed by atoms with Crippen molar-refractivity contribution in [3.8, 4) is 0 Å². The molecule has 5 nitrogen and oxygen atoms in total. The summed E-state index contributed by atoms with van der Waals surface area (Å²) in [5.74, 6) is 0.478. The molecule has 0 saturated carbocycles. The Balaban J connectivity index is 2.07. The average molecular weight is 283 g/mol. The molecule has 1 N–H and O–H groups in total. The van der Waals surface area contributed by atoms with Crippen LogP contribution >= 0.6 is 0 Å². The first-order valence-corrected chi connectivity index (χ1v) is 8.46. The van der Waals surface area contributed by atoms with Gasteiger partial charge in [-0.05, 0) is 25.6 Å². The molecule has 1 unspecified atom stereocenters. The predicted molar refractivity (Wildman–Crippen MR) is 77.2 cm³/mol. The van der Waals surface area contributed by atoms with Crippen LogP contribution in [0.4, 0.5) is 5.69 Å². The minimum Gasteiger partial charge on any atom is -0.368 e. The lowest BCUT2D eigenvalue weighted by Crippen LogP contribution is -2.40. The molecule has 1 aliphatic heterocycles. The summed E-state index contributed by atoms with van der Waals surface area (Å²) >= 11 is 0. The van der Waals surface area contributed by atoms with Gasteiger partial charge in [0, 0.05) is 19.1 Å². The molecule has 1 aromatic heterocycles. The van der Waals surface area contributed by atoms with E-state index >= 15 is 0 Å². The quantitative estimate of drug-likeness (QED) is 0.893. The maximum atomic E-state index is 11.4. The van der Waals surface area contributed by atoms with E-state index in [0.717, 1.165) is 17.8 Å². The van der Waals surface area contributed by atoms with Crippen LogP contribution in [0.2, 0.25) is 0 Å². The Hall–Kier alpha value is -1.14. The van der Waals surface area contributed by atoms with Crippen molar-refractivity contribution in [2.45, 2.75) is 19.4 Å². The molecule has 0 amide bonds. The van der Waals surface area contributed by atoms with Crippen molar-refractivity contribution in [3.05, 3.63) is 24.0 Å². The van der Waals surface area contributed by atoms with E-state index in [-0.39, 0.29) is 17.5 Å². The lowest BCUT2D eigenvalue weighted by molar-refractivity contribution is 0.561. The van der Waals surface area contributed by atoms with Gasteiger partial charge in [0.25, 0.3) is 0 Å². The molecule has 0 aromatic carbocycles. The van der Waals surface area contributed by atoms with Crippen LogP contribution in [0.1, 0.15) is 25.1 Å². The minimum atomic E-state index is -2.83.